The molecule has 0 bridgehead atoms. The molecule has 2 unspecified atom stereocenters. The van der Waals surface area contributed by atoms with E-state index in [1.165, 1.54) is 7.05 Å². The van der Waals surface area contributed by atoms with E-state index in [0.29, 0.717) is 4.90 Å². The van der Waals surface area contributed by atoms with Gasteiger partial charge in [0.15, 0.2) is 0 Å². The highest BCUT2D eigenvalue weighted by Crippen LogP contribution is 2.26. The molecule has 0 aromatic heterocycles. The van der Waals surface area contributed by atoms with Crippen molar-refractivity contribution in [1.82, 2.24) is 10.0 Å². The van der Waals surface area contributed by atoms with Crippen molar-refractivity contribution >= 4 is 10.0 Å². The molecule has 18 heavy (non-hydrogen) atoms. The molecule has 2 atom stereocenters. The van der Waals surface area contributed by atoms with Crippen LogP contribution in [-0.2, 0) is 10.0 Å². The molecule has 0 radical (unpaired) electrons. The fraction of sp³-hybridized carbons (Fsp3) is 0.538. The van der Waals surface area contributed by atoms with Crippen molar-refractivity contribution in [2.24, 2.45) is 0 Å². The zero-order valence-electron chi connectivity index (χ0n) is 11.4. The quantitative estimate of drug-likeness (QED) is 0.827. The van der Waals surface area contributed by atoms with Gasteiger partial charge in [-0.3, -0.25) is 0 Å². The third-order valence-electron chi connectivity index (χ3n) is 3.24. The third-order valence-corrected chi connectivity index (χ3v) is 4.73. The minimum Gasteiger partial charge on any atom is -0.314 e. The van der Waals surface area contributed by atoms with Gasteiger partial charge in [0.2, 0.25) is 10.0 Å². The lowest BCUT2D eigenvalue weighted by Gasteiger charge is -2.23. The van der Waals surface area contributed by atoms with Crippen molar-refractivity contribution in [1.29, 1.82) is 0 Å². The van der Waals surface area contributed by atoms with E-state index in [1.54, 1.807) is 12.1 Å². The zero-order valence-corrected chi connectivity index (χ0v) is 12.2. The lowest BCUT2D eigenvalue weighted by molar-refractivity contribution is 0.488. The van der Waals surface area contributed by atoms with Gasteiger partial charge in [-0.1, -0.05) is 32.0 Å². The third kappa shape index (κ3) is 3.31. The lowest BCUT2D eigenvalue weighted by atomic mass is 9.94. The number of sulfonamides is 1. The molecular formula is C13H22N2O2S. The summed E-state index contributed by atoms with van der Waals surface area (Å²) in [4.78, 5) is 0.366. The predicted octanol–water partition coefficient (Wildman–Crippen LogP) is 1.70. The zero-order chi connectivity index (χ0) is 13.8. The molecule has 0 amide bonds. The largest absolute Gasteiger partial charge is 0.314 e. The molecule has 5 heteroatoms. The first kappa shape index (κ1) is 15.1. The van der Waals surface area contributed by atoms with E-state index in [1.807, 2.05) is 26.0 Å². The highest BCUT2D eigenvalue weighted by atomic mass is 32.2. The Bertz CT molecular complexity index is 486. The summed E-state index contributed by atoms with van der Waals surface area (Å²) in [6.07, 6.45) is 0. The maximum Gasteiger partial charge on any atom is 0.240 e. The molecule has 0 aliphatic heterocycles. The fourth-order valence-corrected chi connectivity index (χ4v) is 3.02. The van der Waals surface area contributed by atoms with Gasteiger partial charge in [-0.25, -0.2) is 13.1 Å². The van der Waals surface area contributed by atoms with Gasteiger partial charge < -0.3 is 5.32 Å². The van der Waals surface area contributed by atoms with Crippen LogP contribution in [0, 0.1) is 0 Å². The van der Waals surface area contributed by atoms with E-state index in [0.717, 1.165) is 12.1 Å². The summed E-state index contributed by atoms with van der Waals surface area (Å²) in [6.45, 7) is 7.01. The number of hydrogen-bond acceptors (Lipinski definition) is 3. The van der Waals surface area contributed by atoms with E-state index >= 15 is 0 Å². The number of nitrogens with one attached hydrogen (secondary N) is 2. The summed E-state index contributed by atoms with van der Waals surface area (Å²) in [5, 5.41) is 3.33. The van der Waals surface area contributed by atoms with Crippen LogP contribution in [0.25, 0.3) is 0 Å². The Hall–Kier alpha value is -0.910. The Morgan fingerprint density at radius 2 is 1.83 bits per heavy atom. The highest BCUT2D eigenvalue weighted by molar-refractivity contribution is 7.89. The van der Waals surface area contributed by atoms with E-state index in [4.69, 9.17) is 0 Å². The van der Waals surface area contributed by atoms with Crippen molar-refractivity contribution < 1.29 is 8.42 Å². The molecule has 1 rings (SSSR count). The first-order valence-corrected chi connectivity index (χ1v) is 7.68. The van der Waals surface area contributed by atoms with Crippen molar-refractivity contribution in [2.45, 2.75) is 37.6 Å². The smallest absolute Gasteiger partial charge is 0.240 e. The Morgan fingerprint density at radius 3 is 2.39 bits per heavy atom. The van der Waals surface area contributed by atoms with Crippen LogP contribution in [0.5, 0.6) is 0 Å². The summed E-state index contributed by atoms with van der Waals surface area (Å²) in [5.41, 5.74) is 0.848. The summed E-state index contributed by atoms with van der Waals surface area (Å²) in [7, 11) is -1.97. The van der Waals surface area contributed by atoms with Gasteiger partial charge in [-0.15, -0.1) is 0 Å². The van der Waals surface area contributed by atoms with Crippen molar-refractivity contribution in [2.75, 3.05) is 13.6 Å². The second-order valence-electron chi connectivity index (χ2n) is 4.38. The molecule has 1 aromatic rings. The van der Waals surface area contributed by atoms with Gasteiger partial charge in [-0.05, 0) is 38.1 Å². The maximum absolute atomic E-state index is 12.0. The molecule has 102 valence electrons. The van der Waals surface area contributed by atoms with Crippen LogP contribution in [0.2, 0.25) is 0 Å². The summed E-state index contributed by atoms with van der Waals surface area (Å²) in [6, 6.07) is 7.37. The average molecular weight is 270 g/mol. The molecule has 1 aromatic carbocycles. The standard InChI is InChI=1S/C13H22N2O2S/c1-5-15-11(3)10(2)12-8-6-7-9-13(12)18(16,17)14-4/h6-11,14-15H,5H2,1-4H3. The van der Waals surface area contributed by atoms with Crippen molar-refractivity contribution in [3.63, 3.8) is 0 Å². The molecule has 0 heterocycles. The van der Waals surface area contributed by atoms with E-state index in [9.17, 15) is 8.42 Å². The van der Waals surface area contributed by atoms with Crippen LogP contribution < -0.4 is 10.0 Å². The van der Waals surface area contributed by atoms with Gasteiger partial charge in [0.1, 0.15) is 0 Å². The molecule has 0 aliphatic carbocycles. The molecule has 0 saturated heterocycles. The molecule has 0 saturated carbocycles. The number of likely N-dealkylation sites (N-methyl/N-ethyl adjacent to an activating group) is 1. The summed E-state index contributed by atoms with van der Waals surface area (Å²) < 4.78 is 26.3. The fourth-order valence-electron chi connectivity index (χ4n) is 1.98. The molecule has 0 spiro atoms. The van der Waals surface area contributed by atoms with Gasteiger partial charge in [0, 0.05) is 6.04 Å². The van der Waals surface area contributed by atoms with E-state index in [-0.39, 0.29) is 12.0 Å². The second-order valence-corrected chi connectivity index (χ2v) is 6.24. The van der Waals surface area contributed by atoms with Gasteiger partial charge in [0.05, 0.1) is 4.90 Å². The predicted molar refractivity (Wildman–Crippen MR) is 74.2 cm³/mol. The molecule has 0 aliphatic rings. The van der Waals surface area contributed by atoms with Gasteiger partial charge in [0.25, 0.3) is 0 Å². The summed E-state index contributed by atoms with van der Waals surface area (Å²) >= 11 is 0. The van der Waals surface area contributed by atoms with Gasteiger partial charge in [-0.2, -0.15) is 0 Å². The van der Waals surface area contributed by atoms with E-state index < -0.39 is 10.0 Å². The van der Waals surface area contributed by atoms with Crippen LogP contribution in [0.4, 0.5) is 0 Å². The first-order valence-electron chi connectivity index (χ1n) is 6.19. The monoisotopic (exact) mass is 270 g/mol. The van der Waals surface area contributed by atoms with Crippen molar-refractivity contribution in [3.05, 3.63) is 29.8 Å². The van der Waals surface area contributed by atoms with Gasteiger partial charge >= 0.3 is 0 Å². The van der Waals surface area contributed by atoms with E-state index in [2.05, 4.69) is 17.0 Å². The Balaban J connectivity index is 3.18. The first-order chi connectivity index (χ1) is 8.44. The van der Waals surface area contributed by atoms with Crippen LogP contribution in [0.1, 0.15) is 32.3 Å². The van der Waals surface area contributed by atoms with Crippen LogP contribution in [-0.4, -0.2) is 28.1 Å². The number of rotatable bonds is 6. The minimum atomic E-state index is -3.40. The lowest BCUT2D eigenvalue weighted by Crippen LogP contribution is -2.32. The van der Waals surface area contributed by atoms with Crippen LogP contribution >= 0.6 is 0 Å². The maximum atomic E-state index is 12.0. The van der Waals surface area contributed by atoms with Crippen molar-refractivity contribution in [3.8, 4) is 0 Å². The Kier molecular flexibility index (Phi) is 5.31. The average Bonchev–Trinajstić information content (AvgIpc) is 2.38. The molecule has 4 nitrogen and oxygen atoms in total. The molecule has 0 fully saturated rings. The van der Waals surface area contributed by atoms with Crippen LogP contribution in [0.15, 0.2) is 29.2 Å². The highest BCUT2D eigenvalue weighted by Gasteiger charge is 2.22. The Morgan fingerprint density at radius 1 is 1.22 bits per heavy atom. The summed E-state index contributed by atoms with van der Waals surface area (Å²) in [5.74, 6) is 0.129. The number of benzene rings is 1. The SMILES string of the molecule is CCNC(C)C(C)c1ccccc1S(=O)(=O)NC. The minimum absolute atomic E-state index is 0.129. The molecular weight excluding hydrogens is 248 g/mol. The molecule has 2 N–H and O–H groups in total. The second kappa shape index (κ2) is 6.31. The topological polar surface area (TPSA) is 58.2 Å². The normalized spacial score (nSPS) is 15.3. The number of hydrogen-bond donors (Lipinski definition) is 2. The van der Waals surface area contributed by atoms with Crippen LogP contribution in [0.3, 0.4) is 0 Å². The Labute approximate surface area is 110 Å².